The van der Waals surface area contributed by atoms with E-state index in [2.05, 4.69) is 5.32 Å². The van der Waals surface area contributed by atoms with Gasteiger partial charge in [0.15, 0.2) is 5.82 Å². The number of aryl methyl sites for hydroxylation is 1. The second-order valence-corrected chi connectivity index (χ2v) is 4.23. The van der Waals surface area contributed by atoms with Crippen molar-refractivity contribution < 1.29 is 9.18 Å². The maximum atomic E-state index is 13.6. The van der Waals surface area contributed by atoms with E-state index in [1.807, 2.05) is 0 Å². The summed E-state index contributed by atoms with van der Waals surface area (Å²) in [5, 5.41) is 2.40. The number of rotatable bonds is 2. The van der Waals surface area contributed by atoms with Crippen LogP contribution in [0.2, 0.25) is 5.02 Å². The van der Waals surface area contributed by atoms with Gasteiger partial charge in [0.1, 0.15) is 5.69 Å². The van der Waals surface area contributed by atoms with Crippen LogP contribution in [0.5, 0.6) is 0 Å². The van der Waals surface area contributed by atoms with Gasteiger partial charge in [0.05, 0.1) is 16.4 Å². The van der Waals surface area contributed by atoms with E-state index in [4.69, 9.17) is 17.3 Å². The van der Waals surface area contributed by atoms with E-state index in [0.29, 0.717) is 11.4 Å². The van der Waals surface area contributed by atoms with Crippen LogP contribution >= 0.6 is 11.6 Å². The number of hydrogen-bond donors (Lipinski definition) is 2. The summed E-state index contributed by atoms with van der Waals surface area (Å²) in [5.41, 5.74) is 6.41. The summed E-state index contributed by atoms with van der Waals surface area (Å²) in [6, 6.07) is 5.91. The zero-order chi connectivity index (χ0) is 13.3. The molecular formula is C12H11ClFN3O. The molecule has 0 bridgehead atoms. The van der Waals surface area contributed by atoms with Crippen molar-refractivity contribution in [2.75, 3.05) is 11.1 Å². The van der Waals surface area contributed by atoms with Crippen LogP contribution in [-0.4, -0.2) is 10.5 Å². The lowest BCUT2D eigenvalue weighted by Crippen LogP contribution is -2.16. The van der Waals surface area contributed by atoms with Crippen LogP contribution in [0.15, 0.2) is 30.5 Å². The number of nitrogen functional groups attached to an aromatic ring is 1. The quantitative estimate of drug-likeness (QED) is 0.879. The van der Waals surface area contributed by atoms with Crippen molar-refractivity contribution in [1.82, 2.24) is 4.57 Å². The van der Waals surface area contributed by atoms with Gasteiger partial charge in [-0.15, -0.1) is 0 Å². The lowest BCUT2D eigenvalue weighted by molar-refractivity contribution is 0.101. The van der Waals surface area contributed by atoms with E-state index in [1.165, 1.54) is 18.2 Å². The van der Waals surface area contributed by atoms with Gasteiger partial charge in [-0.2, -0.15) is 0 Å². The maximum Gasteiger partial charge on any atom is 0.272 e. The Bertz CT molecular complexity index is 609. The number of carbonyl (C=O) groups excluding carboxylic acids is 1. The lowest BCUT2D eigenvalue weighted by atomic mass is 10.3. The van der Waals surface area contributed by atoms with Crippen molar-refractivity contribution in [2.24, 2.45) is 7.05 Å². The summed E-state index contributed by atoms with van der Waals surface area (Å²) in [6.45, 7) is 0. The fourth-order valence-electron chi connectivity index (χ4n) is 1.60. The van der Waals surface area contributed by atoms with Gasteiger partial charge in [0, 0.05) is 13.2 Å². The Morgan fingerprint density at radius 3 is 2.83 bits per heavy atom. The first kappa shape index (κ1) is 12.4. The summed E-state index contributed by atoms with van der Waals surface area (Å²) >= 11 is 5.63. The third kappa shape index (κ3) is 2.31. The molecule has 0 fully saturated rings. The average molecular weight is 268 g/mol. The molecule has 2 aromatic rings. The Morgan fingerprint density at radius 2 is 2.22 bits per heavy atom. The molecule has 1 aromatic heterocycles. The zero-order valence-corrected chi connectivity index (χ0v) is 10.3. The monoisotopic (exact) mass is 267 g/mol. The normalized spacial score (nSPS) is 10.4. The smallest absolute Gasteiger partial charge is 0.272 e. The Balaban J connectivity index is 2.27. The van der Waals surface area contributed by atoms with E-state index in [-0.39, 0.29) is 10.7 Å². The van der Waals surface area contributed by atoms with E-state index in [0.717, 1.165) is 0 Å². The molecule has 0 spiro atoms. The third-order valence-corrected chi connectivity index (χ3v) is 2.75. The number of benzene rings is 1. The van der Waals surface area contributed by atoms with Crippen LogP contribution in [0.4, 0.5) is 15.8 Å². The molecule has 6 heteroatoms. The van der Waals surface area contributed by atoms with Crippen LogP contribution in [0, 0.1) is 5.82 Å². The molecule has 0 atom stereocenters. The predicted molar refractivity (Wildman–Crippen MR) is 69.2 cm³/mol. The SMILES string of the molecule is Cn1cc(N)cc1C(=O)Nc1cccc(Cl)c1F. The van der Waals surface area contributed by atoms with Crippen LogP contribution in [0.25, 0.3) is 0 Å². The van der Waals surface area contributed by atoms with Crippen LogP contribution in [-0.2, 0) is 7.05 Å². The van der Waals surface area contributed by atoms with Gasteiger partial charge in [-0.25, -0.2) is 4.39 Å². The summed E-state index contributed by atoms with van der Waals surface area (Å²) < 4.78 is 15.2. The standard InChI is InChI=1S/C12H11ClFN3O/c1-17-6-7(15)5-10(17)12(18)16-9-4-2-3-8(13)11(9)14/h2-6H,15H2,1H3,(H,16,18). The first-order valence-corrected chi connectivity index (χ1v) is 5.54. The van der Waals surface area contributed by atoms with E-state index in [9.17, 15) is 9.18 Å². The molecule has 1 amide bonds. The molecule has 3 N–H and O–H groups in total. The molecular weight excluding hydrogens is 257 g/mol. The fourth-order valence-corrected chi connectivity index (χ4v) is 1.78. The highest BCUT2D eigenvalue weighted by Crippen LogP contribution is 2.22. The van der Waals surface area contributed by atoms with Gasteiger partial charge in [0.25, 0.3) is 5.91 Å². The lowest BCUT2D eigenvalue weighted by Gasteiger charge is -2.07. The Morgan fingerprint density at radius 1 is 1.50 bits per heavy atom. The molecule has 18 heavy (non-hydrogen) atoms. The van der Waals surface area contributed by atoms with Crippen molar-refractivity contribution in [3.05, 3.63) is 47.0 Å². The van der Waals surface area contributed by atoms with Gasteiger partial charge in [-0.05, 0) is 18.2 Å². The molecule has 1 heterocycles. The highest BCUT2D eigenvalue weighted by molar-refractivity contribution is 6.31. The number of nitrogens with one attached hydrogen (secondary N) is 1. The summed E-state index contributed by atoms with van der Waals surface area (Å²) in [5.74, 6) is -1.11. The molecule has 0 radical (unpaired) electrons. The van der Waals surface area contributed by atoms with Crippen molar-refractivity contribution in [1.29, 1.82) is 0 Å². The second-order valence-electron chi connectivity index (χ2n) is 3.83. The number of hydrogen-bond acceptors (Lipinski definition) is 2. The van der Waals surface area contributed by atoms with Crippen LogP contribution < -0.4 is 11.1 Å². The minimum atomic E-state index is -0.658. The van der Waals surface area contributed by atoms with Crippen molar-refractivity contribution in [3.8, 4) is 0 Å². The molecule has 0 saturated carbocycles. The molecule has 0 saturated heterocycles. The van der Waals surface area contributed by atoms with Gasteiger partial charge in [-0.3, -0.25) is 4.79 Å². The Hall–Kier alpha value is -2.01. The largest absolute Gasteiger partial charge is 0.397 e. The molecule has 0 aliphatic rings. The number of carbonyl (C=O) groups is 1. The van der Waals surface area contributed by atoms with Crippen LogP contribution in [0.1, 0.15) is 10.5 Å². The number of aromatic nitrogens is 1. The fraction of sp³-hybridized carbons (Fsp3) is 0.0833. The van der Waals surface area contributed by atoms with Crippen molar-refractivity contribution >= 4 is 28.9 Å². The zero-order valence-electron chi connectivity index (χ0n) is 9.58. The molecule has 0 aliphatic carbocycles. The first-order valence-electron chi connectivity index (χ1n) is 5.16. The number of nitrogens with two attached hydrogens (primary N) is 1. The van der Waals surface area contributed by atoms with Crippen molar-refractivity contribution in [2.45, 2.75) is 0 Å². The molecule has 0 unspecified atom stereocenters. The molecule has 4 nitrogen and oxygen atoms in total. The minimum Gasteiger partial charge on any atom is -0.397 e. The summed E-state index contributed by atoms with van der Waals surface area (Å²) in [4.78, 5) is 11.9. The van der Waals surface area contributed by atoms with Gasteiger partial charge >= 0.3 is 0 Å². The number of amides is 1. The highest BCUT2D eigenvalue weighted by atomic mass is 35.5. The van der Waals surface area contributed by atoms with E-state index < -0.39 is 11.7 Å². The Labute approximate surface area is 108 Å². The first-order chi connectivity index (χ1) is 8.49. The molecule has 1 aromatic carbocycles. The minimum absolute atomic E-state index is 0.0345. The van der Waals surface area contributed by atoms with Crippen molar-refractivity contribution in [3.63, 3.8) is 0 Å². The second kappa shape index (κ2) is 4.70. The van der Waals surface area contributed by atoms with Gasteiger partial charge < -0.3 is 15.6 Å². The molecule has 94 valence electrons. The number of nitrogens with zero attached hydrogens (tertiary/aromatic N) is 1. The van der Waals surface area contributed by atoms with E-state index >= 15 is 0 Å². The van der Waals surface area contributed by atoms with Gasteiger partial charge in [-0.1, -0.05) is 17.7 Å². The Kier molecular flexibility index (Phi) is 3.25. The third-order valence-electron chi connectivity index (χ3n) is 2.46. The number of anilines is 2. The molecule has 0 aliphatic heterocycles. The number of halogens is 2. The van der Waals surface area contributed by atoms with E-state index in [1.54, 1.807) is 23.9 Å². The molecule has 2 rings (SSSR count). The van der Waals surface area contributed by atoms with Crippen LogP contribution in [0.3, 0.4) is 0 Å². The maximum absolute atomic E-state index is 13.6. The highest BCUT2D eigenvalue weighted by Gasteiger charge is 2.14. The van der Waals surface area contributed by atoms with Gasteiger partial charge in [0.2, 0.25) is 0 Å². The summed E-state index contributed by atoms with van der Waals surface area (Å²) in [6.07, 6.45) is 1.60. The average Bonchev–Trinajstić information content (AvgIpc) is 2.64. The topological polar surface area (TPSA) is 60.0 Å². The predicted octanol–water partition coefficient (Wildman–Crippen LogP) is 2.65. The summed E-state index contributed by atoms with van der Waals surface area (Å²) in [7, 11) is 1.68.